The van der Waals surface area contributed by atoms with Crippen molar-refractivity contribution < 1.29 is 28.1 Å². The van der Waals surface area contributed by atoms with Crippen molar-refractivity contribution in [2.45, 2.75) is 34.7 Å². The van der Waals surface area contributed by atoms with E-state index in [1.54, 1.807) is 0 Å². The molecule has 0 radical (unpaired) electrons. The van der Waals surface area contributed by atoms with Crippen LogP contribution in [0.15, 0.2) is 18.7 Å². The summed E-state index contributed by atoms with van der Waals surface area (Å²) in [6, 6.07) is 0. The zero-order valence-electron chi connectivity index (χ0n) is 12.4. The molecule has 0 aliphatic heterocycles. The number of aryl methyl sites for hydroxylation is 2. The van der Waals surface area contributed by atoms with Crippen LogP contribution in [0.1, 0.15) is 28.2 Å². The standard InChI is InChI=1S/C10H20N2O3P.C2H4O2.CH4/c1-4-14-16(13,15-5-2)9-8-12-7-6-11(3)10-12;1-2(3)4;/h6-7,10H,4-5,8-9H2,1-3H3;1H3,(H,3,4);1H4/q+1;;/p-1. The molecule has 0 spiro atoms. The van der Waals surface area contributed by atoms with E-state index in [0.29, 0.717) is 25.9 Å². The summed E-state index contributed by atoms with van der Waals surface area (Å²) < 4.78 is 26.5. The fourth-order valence-corrected chi connectivity index (χ4v) is 3.03. The van der Waals surface area contributed by atoms with E-state index in [0.717, 1.165) is 6.92 Å². The third kappa shape index (κ3) is 11.2. The van der Waals surface area contributed by atoms with E-state index < -0.39 is 13.6 Å². The molecule has 1 rings (SSSR count). The number of carbonyl (C=O) groups is 1. The smallest absolute Gasteiger partial charge is 0.334 e. The van der Waals surface area contributed by atoms with Crippen molar-refractivity contribution in [2.24, 2.45) is 7.05 Å². The molecule has 1 heterocycles. The summed E-state index contributed by atoms with van der Waals surface area (Å²) in [6.45, 7) is 6.08. The SMILES string of the molecule is C.CC(=O)[O-].CCOP(=O)(CCn1cc[n+](C)c1)OCC. The van der Waals surface area contributed by atoms with Crippen molar-refractivity contribution in [3.05, 3.63) is 18.7 Å². The number of rotatable bonds is 7. The fraction of sp³-hybridized carbons (Fsp3) is 0.692. The molecule has 21 heavy (non-hydrogen) atoms. The third-order valence-corrected chi connectivity index (χ3v) is 4.16. The van der Waals surface area contributed by atoms with Gasteiger partial charge in [-0.1, -0.05) is 7.43 Å². The minimum absolute atomic E-state index is 0. The molecule has 0 saturated heterocycles. The van der Waals surface area contributed by atoms with Crippen LogP contribution >= 0.6 is 7.60 Å². The van der Waals surface area contributed by atoms with E-state index in [-0.39, 0.29) is 7.43 Å². The largest absolute Gasteiger partial charge is 0.550 e. The first-order valence-electron chi connectivity index (χ1n) is 6.39. The van der Waals surface area contributed by atoms with Crippen LogP contribution in [0.4, 0.5) is 0 Å². The van der Waals surface area contributed by atoms with E-state index in [2.05, 4.69) is 0 Å². The summed E-state index contributed by atoms with van der Waals surface area (Å²) in [5.74, 6) is -1.08. The average molecular weight is 322 g/mol. The van der Waals surface area contributed by atoms with Gasteiger partial charge in [0.25, 0.3) is 0 Å². The molecule has 124 valence electrons. The molecule has 8 heteroatoms. The number of carboxylic acids is 1. The van der Waals surface area contributed by atoms with Crippen LogP contribution in [-0.2, 0) is 32.0 Å². The van der Waals surface area contributed by atoms with E-state index in [1.165, 1.54) is 0 Å². The van der Waals surface area contributed by atoms with Crippen molar-refractivity contribution in [1.82, 2.24) is 4.57 Å². The Bertz CT molecular complexity index is 434. The number of hydrogen-bond donors (Lipinski definition) is 0. The Morgan fingerprint density at radius 1 is 1.33 bits per heavy atom. The summed E-state index contributed by atoms with van der Waals surface area (Å²) >= 11 is 0. The van der Waals surface area contributed by atoms with Gasteiger partial charge in [-0.25, -0.2) is 9.13 Å². The highest BCUT2D eigenvalue weighted by atomic mass is 31.2. The maximum Gasteiger partial charge on any atom is 0.334 e. The van der Waals surface area contributed by atoms with Gasteiger partial charge in [0.15, 0.2) is 0 Å². The molecule has 0 unspecified atom stereocenters. The molecule has 0 N–H and O–H groups in total. The Balaban J connectivity index is 0. The van der Waals surface area contributed by atoms with Gasteiger partial charge >= 0.3 is 7.60 Å². The highest BCUT2D eigenvalue weighted by Crippen LogP contribution is 2.47. The molecule has 0 aromatic carbocycles. The lowest BCUT2D eigenvalue weighted by atomic mass is 10.7. The van der Waals surface area contributed by atoms with Gasteiger partial charge in [0.2, 0.25) is 6.33 Å². The molecule has 0 saturated carbocycles. The first-order valence-corrected chi connectivity index (χ1v) is 8.12. The molecule has 0 fully saturated rings. The zero-order valence-corrected chi connectivity index (χ0v) is 13.3. The van der Waals surface area contributed by atoms with Crippen molar-refractivity contribution in [3.8, 4) is 0 Å². The Labute approximate surface area is 127 Å². The summed E-state index contributed by atoms with van der Waals surface area (Å²) in [5, 5.41) is 8.89. The molecule has 0 bridgehead atoms. The van der Waals surface area contributed by atoms with E-state index >= 15 is 0 Å². The molecule has 0 aliphatic carbocycles. The van der Waals surface area contributed by atoms with Crippen LogP contribution in [0.5, 0.6) is 0 Å². The quantitative estimate of drug-likeness (QED) is 0.552. The first-order chi connectivity index (χ1) is 9.33. The van der Waals surface area contributed by atoms with Gasteiger partial charge in [-0.05, 0) is 20.8 Å². The molecule has 0 amide bonds. The van der Waals surface area contributed by atoms with Gasteiger partial charge in [-0.3, -0.25) is 4.57 Å². The second-order valence-corrected chi connectivity index (χ2v) is 6.16. The molecule has 7 nitrogen and oxygen atoms in total. The van der Waals surface area contributed by atoms with Crippen LogP contribution in [0.25, 0.3) is 0 Å². The van der Waals surface area contributed by atoms with E-state index in [4.69, 9.17) is 18.9 Å². The highest BCUT2D eigenvalue weighted by Gasteiger charge is 2.24. The van der Waals surface area contributed by atoms with E-state index in [1.807, 2.05) is 48.8 Å². The molecule has 1 aromatic heterocycles. The van der Waals surface area contributed by atoms with Gasteiger partial charge in [-0.15, -0.1) is 0 Å². The van der Waals surface area contributed by atoms with Gasteiger partial charge in [0.05, 0.1) is 26.4 Å². The summed E-state index contributed by atoms with van der Waals surface area (Å²) in [4.78, 5) is 8.89. The van der Waals surface area contributed by atoms with Crippen LogP contribution in [0.3, 0.4) is 0 Å². The van der Waals surface area contributed by atoms with Gasteiger partial charge in [0, 0.05) is 5.97 Å². The Hall–Kier alpha value is -1.17. The van der Waals surface area contributed by atoms with Crippen LogP contribution in [-0.4, -0.2) is 29.9 Å². The summed E-state index contributed by atoms with van der Waals surface area (Å²) in [6.07, 6.45) is 6.21. The Morgan fingerprint density at radius 3 is 2.14 bits per heavy atom. The van der Waals surface area contributed by atoms with Crippen molar-refractivity contribution in [3.63, 3.8) is 0 Å². The average Bonchev–Trinajstić information content (AvgIpc) is 2.73. The van der Waals surface area contributed by atoms with Crippen LogP contribution in [0.2, 0.25) is 0 Å². The monoisotopic (exact) mass is 322 g/mol. The number of hydrogen-bond acceptors (Lipinski definition) is 5. The number of carbonyl (C=O) groups excluding carboxylic acids is 1. The third-order valence-electron chi connectivity index (χ3n) is 2.11. The van der Waals surface area contributed by atoms with Crippen molar-refractivity contribution in [1.29, 1.82) is 0 Å². The molecular weight excluding hydrogens is 295 g/mol. The number of imidazole rings is 1. The van der Waals surface area contributed by atoms with Gasteiger partial charge in [-0.2, -0.15) is 0 Å². The minimum atomic E-state index is -2.91. The number of carboxylic acid groups (broad SMARTS) is 1. The first kappa shape index (κ1) is 22.1. The van der Waals surface area contributed by atoms with Gasteiger partial charge in [0.1, 0.15) is 18.9 Å². The minimum Gasteiger partial charge on any atom is -0.550 e. The number of nitrogens with zero attached hydrogens (tertiary/aromatic N) is 2. The second kappa shape index (κ2) is 11.5. The lowest BCUT2D eigenvalue weighted by Gasteiger charge is -2.15. The lowest BCUT2D eigenvalue weighted by molar-refractivity contribution is -0.671. The molecule has 0 aliphatic rings. The molecule has 0 atom stereocenters. The van der Waals surface area contributed by atoms with Crippen LogP contribution < -0.4 is 9.67 Å². The second-order valence-electron chi connectivity index (χ2n) is 3.98. The molecular formula is C13H27N2O5P. The number of aliphatic carboxylic acids is 1. The Morgan fingerprint density at radius 2 is 1.81 bits per heavy atom. The maximum absolute atomic E-state index is 12.1. The highest BCUT2D eigenvalue weighted by molar-refractivity contribution is 7.53. The van der Waals surface area contributed by atoms with Gasteiger partial charge < -0.3 is 18.9 Å². The normalized spacial score (nSPS) is 10.3. The zero-order chi connectivity index (χ0) is 15.6. The maximum atomic E-state index is 12.1. The number of aromatic nitrogens is 2. The van der Waals surface area contributed by atoms with E-state index in [9.17, 15) is 4.57 Å². The predicted octanol–water partition coefficient (Wildman–Crippen LogP) is 0.971. The summed E-state index contributed by atoms with van der Waals surface area (Å²) in [5.41, 5.74) is 0. The Kier molecular flexibility index (Phi) is 12.1. The van der Waals surface area contributed by atoms with Crippen LogP contribution in [0, 0.1) is 0 Å². The van der Waals surface area contributed by atoms with Crippen molar-refractivity contribution in [2.75, 3.05) is 19.4 Å². The summed E-state index contributed by atoms with van der Waals surface area (Å²) in [7, 11) is -0.960. The lowest BCUT2D eigenvalue weighted by Crippen LogP contribution is -2.24. The predicted molar refractivity (Wildman–Crippen MR) is 78.7 cm³/mol. The molecule has 1 aromatic rings. The fourth-order valence-electron chi connectivity index (χ4n) is 1.43. The topological polar surface area (TPSA) is 84.5 Å². The van der Waals surface area contributed by atoms with Crippen molar-refractivity contribution >= 4 is 13.6 Å².